The van der Waals surface area contributed by atoms with E-state index in [0.717, 1.165) is 54.3 Å². The summed E-state index contributed by atoms with van der Waals surface area (Å²) in [6, 6.07) is 7.59. The van der Waals surface area contributed by atoms with Crippen LogP contribution in [0.5, 0.6) is 0 Å². The molecule has 0 atom stereocenters. The van der Waals surface area contributed by atoms with Gasteiger partial charge in [-0.3, -0.25) is 19.6 Å². The fourth-order valence-electron chi connectivity index (χ4n) is 4.61. The van der Waals surface area contributed by atoms with Gasteiger partial charge in [-0.25, -0.2) is 4.39 Å². The molecule has 0 saturated heterocycles. The van der Waals surface area contributed by atoms with E-state index >= 15 is 0 Å². The highest BCUT2D eigenvalue weighted by molar-refractivity contribution is 6.31. The molecule has 5 nitrogen and oxygen atoms in total. The molecule has 0 radical (unpaired) electrons. The Bertz CT molecular complexity index is 1010. The van der Waals surface area contributed by atoms with Gasteiger partial charge in [0.15, 0.2) is 0 Å². The van der Waals surface area contributed by atoms with Gasteiger partial charge in [-0.05, 0) is 23.6 Å². The normalized spacial score (nSPS) is 21.9. The van der Waals surface area contributed by atoms with Gasteiger partial charge in [-0.15, -0.1) is 0 Å². The second-order valence-corrected chi connectivity index (χ2v) is 8.48. The molecule has 0 saturated carbocycles. The smallest absolute Gasteiger partial charge is 0.259 e. The van der Waals surface area contributed by atoms with Crippen molar-refractivity contribution in [3.05, 3.63) is 69.7 Å². The molecule has 3 aliphatic heterocycles. The molecule has 0 N–H and O–H groups in total. The number of aliphatic imine (C=N–C) groups is 1. The monoisotopic (exact) mass is 426 g/mol. The molecule has 4 aliphatic rings. The highest BCUT2D eigenvalue weighted by atomic mass is 35.5. The molecule has 156 valence electrons. The van der Waals surface area contributed by atoms with Gasteiger partial charge in [0.25, 0.3) is 5.91 Å². The zero-order chi connectivity index (χ0) is 20.7. The first kappa shape index (κ1) is 19.5. The Labute approximate surface area is 180 Å². The van der Waals surface area contributed by atoms with Crippen LogP contribution in [0.4, 0.5) is 4.39 Å². The molecule has 0 aromatic heterocycles. The van der Waals surface area contributed by atoms with Crippen LogP contribution in [0, 0.1) is 0 Å². The predicted octanol–water partition coefficient (Wildman–Crippen LogP) is 3.89. The van der Waals surface area contributed by atoms with Crippen LogP contribution < -0.4 is 0 Å². The Balaban J connectivity index is 1.41. The van der Waals surface area contributed by atoms with Crippen LogP contribution >= 0.6 is 11.6 Å². The quantitative estimate of drug-likeness (QED) is 0.733. The minimum absolute atomic E-state index is 0.0137. The third-order valence-electron chi connectivity index (χ3n) is 6.16. The number of hydrogen-bond donors (Lipinski definition) is 0. The van der Waals surface area contributed by atoms with Crippen molar-refractivity contribution in [3.63, 3.8) is 0 Å². The Hall–Kier alpha value is -2.44. The van der Waals surface area contributed by atoms with E-state index in [0.29, 0.717) is 37.6 Å². The van der Waals surface area contributed by atoms with Crippen LogP contribution in [0.2, 0.25) is 5.02 Å². The van der Waals surface area contributed by atoms with Gasteiger partial charge in [0.05, 0.1) is 18.7 Å². The second kappa shape index (κ2) is 8.00. The second-order valence-electron chi connectivity index (χ2n) is 8.07. The molecular weight excluding hydrogens is 403 g/mol. The van der Waals surface area contributed by atoms with Gasteiger partial charge in [0, 0.05) is 49.7 Å². The first-order valence-electron chi connectivity index (χ1n) is 10.5. The molecule has 1 aromatic rings. The average molecular weight is 427 g/mol. The van der Waals surface area contributed by atoms with Gasteiger partial charge >= 0.3 is 0 Å². The number of carbonyl (C=O) groups excluding carboxylic acids is 1. The summed E-state index contributed by atoms with van der Waals surface area (Å²) in [7, 11) is 0. The minimum atomic E-state index is -0.0263. The van der Waals surface area contributed by atoms with Crippen molar-refractivity contribution in [1.29, 1.82) is 0 Å². The first-order chi connectivity index (χ1) is 14.6. The van der Waals surface area contributed by atoms with E-state index in [1.165, 1.54) is 0 Å². The van der Waals surface area contributed by atoms with Gasteiger partial charge in [0.1, 0.15) is 5.83 Å². The summed E-state index contributed by atoms with van der Waals surface area (Å²) in [5.74, 6) is 0.692. The number of guanidine groups is 1. The molecule has 5 rings (SSSR count). The molecule has 1 aliphatic carbocycles. The SMILES string of the molecule is O=C1C2=C(CCN(CC3=C(F)CCC=C3)C2)N2CCN=C2N1Cc1ccccc1Cl. The van der Waals surface area contributed by atoms with Crippen molar-refractivity contribution in [2.24, 2.45) is 4.99 Å². The van der Waals surface area contributed by atoms with Crippen molar-refractivity contribution >= 4 is 23.5 Å². The lowest BCUT2D eigenvalue weighted by atomic mass is 9.99. The molecule has 1 aromatic carbocycles. The lowest BCUT2D eigenvalue weighted by Crippen LogP contribution is -2.53. The number of hydrogen-bond acceptors (Lipinski definition) is 4. The average Bonchev–Trinajstić information content (AvgIpc) is 3.24. The highest BCUT2D eigenvalue weighted by Gasteiger charge is 2.41. The Morgan fingerprint density at radius 1 is 1.13 bits per heavy atom. The number of allylic oxidation sites excluding steroid dienone is 2. The fraction of sp³-hybridized carbons (Fsp3) is 0.391. The maximum Gasteiger partial charge on any atom is 0.259 e. The summed E-state index contributed by atoms with van der Waals surface area (Å²) in [6.07, 6.45) is 5.93. The van der Waals surface area contributed by atoms with Crippen molar-refractivity contribution in [3.8, 4) is 0 Å². The van der Waals surface area contributed by atoms with Crippen LogP contribution in [0.15, 0.2) is 64.1 Å². The Morgan fingerprint density at radius 2 is 2.00 bits per heavy atom. The molecule has 0 bridgehead atoms. The number of nitrogens with zero attached hydrogens (tertiary/aromatic N) is 4. The van der Waals surface area contributed by atoms with Gasteiger partial charge in [0.2, 0.25) is 5.96 Å². The molecule has 3 heterocycles. The summed E-state index contributed by atoms with van der Waals surface area (Å²) in [5.41, 5.74) is 3.52. The summed E-state index contributed by atoms with van der Waals surface area (Å²) in [4.78, 5) is 24.2. The number of carbonyl (C=O) groups is 1. The standard InChI is InChI=1S/C23H24ClFN4O/c24-19-7-3-1-5-16(19)14-29-22(30)18-15-27(13-17-6-2-4-8-20(17)25)11-9-21(18)28-12-10-26-23(28)29/h1-3,5-7H,4,8-15H2. The van der Waals surface area contributed by atoms with Crippen molar-refractivity contribution < 1.29 is 9.18 Å². The topological polar surface area (TPSA) is 39.2 Å². The number of amides is 1. The van der Waals surface area contributed by atoms with Gasteiger partial charge in [-0.2, -0.15) is 0 Å². The lowest BCUT2D eigenvalue weighted by Gasteiger charge is -2.42. The van der Waals surface area contributed by atoms with Crippen LogP contribution in [-0.2, 0) is 11.3 Å². The largest absolute Gasteiger partial charge is 0.314 e. The minimum Gasteiger partial charge on any atom is -0.314 e. The van der Waals surface area contributed by atoms with E-state index in [1.54, 1.807) is 4.90 Å². The van der Waals surface area contributed by atoms with Crippen LogP contribution in [0.1, 0.15) is 24.8 Å². The number of fused-ring (bicyclic) bond motifs is 2. The van der Waals surface area contributed by atoms with E-state index in [9.17, 15) is 9.18 Å². The first-order valence-corrected chi connectivity index (χ1v) is 10.9. The van der Waals surface area contributed by atoms with Crippen molar-refractivity contribution in [2.45, 2.75) is 25.8 Å². The van der Waals surface area contributed by atoms with E-state index in [-0.39, 0.29) is 11.7 Å². The number of rotatable bonds is 4. The molecule has 0 fully saturated rings. The molecule has 0 unspecified atom stereocenters. The zero-order valence-corrected chi connectivity index (χ0v) is 17.5. The molecular formula is C23H24ClFN4O. The lowest BCUT2D eigenvalue weighted by molar-refractivity contribution is -0.125. The summed E-state index contributed by atoms with van der Waals surface area (Å²) < 4.78 is 14.2. The van der Waals surface area contributed by atoms with Crippen LogP contribution in [0.3, 0.4) is 0 Å². The van der Waals surface area contributed by atoms with Crippen LogP contribution in [-0.4, -0.2) is 59.3 Å². The third-order valence-corrected chi connectivity index (χ3v) is 6.53. The molecule has 30 heavy (non-hydrogen) atoms. The van der Waals surface area contributed by atoms with Crippen LogP contribution in [0.25, 0.3) is 0 Å². The van der Waals surface area contributed by atoms with E-state index in [2.05, 4.69) is 14.8 Å². The number of halogens is 2. The fourth-order valence-corrected chi connectivity index (χ4v) is 4.81. The Morgan fingerprint density at radius 3 is 2.83 bits per heavy atom. The summed E-state index contributed by atoms with van der Waals surface area (Å²) in [5, 5.41) is 0.645. The Kier molecular flexibility index (Phi) is 5.21. The predicted molar refractivity (Wildman–Crippen MR) is 116 cm³/mol. The van der Waals surface area contributed by atoms with E-state index < -0.39 is 0 Å². The molecule has 1 amide bonds. The molecule has 7 heteroatoms. The maximum atomic E-state index is 14.2. The molecule has 0 spiro atoms. The summed E-state index contributed by atoms with van der Waals surface area (Å²) >= 11 is 6.36. The van der Waals surface area contributed by atoms with Crippen molar-refractivity contribution in [1.82, 2.24) is 14.7 Å². The maximum absolute atomic E-state index is 14.2. The van der Waals surface area contributed by atoms with Gasteiger partial charge < -0.3 is 4.90 Å². The highest BCUT2D eigenvalue weighted by Crippen LogP contribution is 2.33. The van der Waals surface area contributed by atoms with E-state index in [4.69, 9.17) is 11.6 Å². The summed E-state index contributed by atoms with van der Waals surface area (Å²) in [6.45, 7) is 3.76. The number of benzene rings is 1. The third kappa shape index (κ3) is 3.48. The van der Waals surface area contributed by atoms with Gasteiger partial charge in [-0.1, -0.05) is 42.0 Å². The zero-order valence-electron chi connectivity index (χ0n) is 16.8. The van der Waals surface area contributed by atoms with E-state index in [1.807, 2.05) is 36.4 Å². The van der Waals surface area contributed by atoms with Crippen molar-refractivity contribution in [2.75, 3.05) is 32.7 Å².